The molecule has 0 atom stereocenters. The van der Waals surface area contributed by atoms with Crippen LogP contribution in [-0.2, 0) is 13.6 Å². The highest BCUT2D eigenvalue weighted by atomic mass is 79.9. The van der Waals surface area contributed by atoms with Gasteiger partial charge in [-0.25, -0.2) is 4.68 Å². The van der Waals surface area contributed by atoms with E-state index in [1.165, 1.54) is 4.68 Å². The average molecular weight is 310 g/mol. The van der Waals surface area contributed by atoms with Crippen LogP contribution >= 0.6 is 15.9 Å². The molecule has 0 spiro atoms. The lowest BCUT2D eigenvalue weighted by Gasteiger charge is -2.19. The van der Waals surface area contributed by atoms with E-state index in [1.54, 1.807) is 31.8 Å². The van der Waals surface area contributed by atoms with Crippen molar-refractivity contribution in [2.24, 2.45) is 7.05 Å². The maximum Gasteiger partial charge on any atom is 0.282 e. The maximum absolute atomic E-state index is 11.7. The highest BCUT2D eigenvalue weighted by Gasteiger charge is 2.11. The Labute approximate surface area is 112 Å². The third kappa shape index (κ3) is 2.56. The molecule has 6 nitrogen and oxygen atoms in total. The van der Waals surface area contributed by atoms with E-state index in [0.717, 1.165) is 11.4 Å². The predicted molar refractivity (Wildman–Crippen MR) is 71.3 cm³/mol. The van der Waals surface area contributed by atoms with Crippen molar-refractivity contribution in [2.45, 2.75) is 6.54 Å². The van der Waals surface area contributed by atoms with Gasteiger partial charge in [-0.15, -0.1) is 0 Å². The van der Waals surface area contributed by atoms with Gasteiger partial charge in [0.05, 0.1) is 30.3 Å². The zero-order valence-corrected chi connectivity index (χ0v) is 11.6. The lowest BCUT2D eigenvalue weighted by atomic mass is 10.3. The molecule has 94 valence electrons. The molecule has 0 saturated heterocycles. The van der Waals surface area contributed by atoms with E-state index in [4.69, 9.17) is 0 Å². The van der Waals surface area contributed by atoms with E-state index in [2.05, 4.69) is 31.0 Å². The summed E-state index contributed by atoms with van der Waals surface area (Å²) in [6, 6.07) is 0. The molecule has 2 aromatic heterocycles. The largest absolute Gasteiger partial charge is 0.366 e. The minimum atomic E-state index is -0.168. The first kappa shape index (κ1) is 12.7. The van der Waals surface area contributed by atoms with E-state index >= 15 is 0 Å². The fourth-order valence-electron chi connectivity index (χ4n) is 1.51. The molecular weight excluding hydrogens is 298 g/mol. The number of aromatic nitrogens is 4. The molecule has 0 fully saturated rings. The number of rotatable bonds is 3. The molecule has 0 aliphatic rings. The monoisotopic (exact) mass is 309 g/mol. The highest BCUT2D eigenvalue weighted by molar-refractivity contribution is 9.10. The zero-order valence-electron chi connectivity index (χ0n) is 10.0. The number of aryl methyl sites for hydroxylation is 1. The SMILES string of the molecule is CN(Cc1cnccn1)c1cnn(C)c(=O)c1Br. The van der Waals surface area contributed by atoms with Gasteiger partial charge in [-0.3, -0.25) is 14.8 Å². The molecule has 0 unspecified atom stereocenters. The quantitative estimate of drug-likeness (QED) is 0.845. The minimum Gasteiger partial charge on any atom is -0.366 e. The molecule has 0 aromatic carbocycles. The van der Waals surface area contributed by atoms with Crippen LogP contribution in [0.15, 0.2) is 34.1 Å². The van der Waals surface area contributed by atoms with Crippen LogP contribution in [0, 0.1) is 0 Å². The molecular formula is C11H12BrN5O. The summed E-state index contributed by atoms with van der Waals surface area (Å²) in [5, 5.41) is 4.00. The summed E-state index contributed by atoms with van der Waals surface area (Å²) in [6.07, 6.45) is 6.60. The van der Waals surface area contributed by atoms with E-state index in [1.807, 2.05) is 11.9 Å². The minimum absolute atomic E-state index is 0.168. The molecule has 0 aliphatic heterocycles. The predicted octanol–water partition coefficient (Wildman–Crippen LogP) is 0.969. The normalized spacial score (nSPS) is 10.4. The van der Waals surface area contributed by atoms with Crippen LogP contribution in [0.1, 0.15) is 5.69 Å². The van der Waals surface area contributed by atoms with E-state index in [0.29, 0.717) is 11.0 Å². The highest BCUT2D eigenvalue weighted by Crippen LogP contribution is 2.21. The summed E-state index contributed by atoms with van der Waals surface area (Å²) in [5.74, 6) is 0. The van der Waals surface area contributed by atoms with Crippen molar-refractivity contribution in [3.05, 3.63) is 45.3 Å². The second kappa shape index (κ2) is 5.26. The van der Waals surface area contributed by atoms with Gasteiger partial charge in [0.1, 0.15) is 4.47 Å². The van der Waals surface area contributed by atoms with Crippen LogP contribution in [0.25, 0.3) is 0 Å². The molecule has 18 heavy (non-hydrogen) atoms. The number of nitrogens with zero attached hydrogens (tertiary/aromatic N) is 5. The van der Waals surface area contributed by atoms with Gasteiger partial charge < -0.3 is 4.90 Å². The molecule has 2 heterocycles. The van der Waals surface area contributed by atoms with Crippen LogP contribution in [-0.4, -0.2) is 26.8 Å². The van der Waals surface area contributed by atoms with Gasteiger partial charge in [0, 0.05) is 26.5 Å². The first-order chi connectivity index (χ1) is 8.59. The number of hydrogen-bond acceptors (Lipinski definition) is 5. The number of halogens is 1. The Hall–Kier alpha value is -1.76. The summed E-state index contributed by atoms with van der Waals surface area (Å²) in [5.41, 5.74) is 1.38. The molecule has 7 heteroatoms. The van der Waals surface area contributed by atoms with Crippen molar-refractivity contribution in [1.82, 2.24) is 19.7 Å². The Morgan fingerprint density at radius 2 is 2.17 bits per heavy atom. The summed E-state index contributed by atoms with van der Waals surface area (Å²) in [6.45, 7) is 0.557. The standard InChI is InChI=1S/C11H12BrN5O/c1-16(7-8-5-13-3-4-14-8)9-6-15-17(2)11(18)10(9)12/h3-6H,7H2,1-2H3. The summed E-state index contributed by atoms with van der Waals surface area (Å²) in [7, 11) is 3.48. The number of anilines is 1. The van der Waals surface area contributed by atoms with Gasteiger partial charge in [0.2, 0.25) is 0 Å². The fourth-order valence-corrected chi connectivity index (χ4v) is 2.17. The van der Waals surface area contributed by atoms with Gasteiger partial charge >= 0.3 is 0 Å². The Morgan fingerprint density at radius 1 is 1.39 bits per heavy atom. The first-order valence-corrected chi connectivity index (χ1v) is 6.06. The van der Waals surface area contributed by atoms with Crippen LogP contribution < -0.4 is 10.5 Å². The topological polar surface area (TPSA) is 63.9 Å². The van der Waals surface area contributed by atoms with Crippen molar-refractivity contribution in [3.8, 4) is 0 Å². The Bertz CT molecular complexity index is 598. The van der Waals surface area contributed by atoms with Gasteiger partial charge in [-0.2, -0.15) is 5.10 Å². The lowest BCUT2D eigenvalue weighted by Crippen LogP contribution is -2.25. The third-order valence-corrected chi connectivity index (χ3v) is 3.23. The molecule has 2 rings (SSSR count). The summed E-state index contributed by atoms with van der Waals surface area (Å²) in [4.78, 5) is 21.8. The van der Waals surface area contributed by atoms with Crippen molar-refractivity contribution in [2.75, 3.05) is 11.9 Å². The smallest absolute Gasteiger partial charge is 0.282 e. The fraction of sp³-hybridized carbons (Fsp3) is 0.273. The zero-order chi connectivity index (χ0) is 13.1. The van der Waals surface area contributed by atoms with Crippen molar-refractivity contribution >= 4 is 21.6 Å². The Balaban J connectivity index is 2.27. The molecule has 2 aromatic rings. The van der Waals surface area contributed by atoms with Crippen LogP contribution in [0.5, 0.6) is 0 Å². The second-order valence-corrected chi connectivity index (χ2v) is 4.62. The van der Waals surface area contributed by atoms with Crippen molar-refractivity contribution < 1.29 is 0 Å². The molecule has 0 saturated carbocycles. The van der Waals surface area contributed by atoms with Gasteiger partial charge in [0.25, 0.3) is 5.56 Å². The molecule has 0 radical (unpaired) electrons. The third-order valence-electron chi connectivity index (χ3n) is 2.49. The lowest BCUT2D eigenvalue weighted by molar-refractivity contribution is 0.697. The van der Waals surface area contributed by atoms with E-state index in [-0.39, 0.29) is 5.56 Å². The van der Waals surface area contributed by atoms with Gasteiger partial charge in [-0.1, -0.05) is 0 Å². The second-order valence-electron chi connectivity index (χ2n) is 3.83. The van der Waals surface area contributed by atoms with E-state index in [9.17, 15) is 4.79 Å². The molecule has 0 bridgehead atoms. The number of hydrogen-bond donors (Lipinski definition) is 0. The van der Waals surface area contributed by atoms with Crippen molar-refractivity contribution in [3.63, 3.8) is 0 Å². The molecule has 0 amide bonds. The van der Waals surface area contributed by atoms with Crippen LogP contribution in [0.2, 0.25) is 0 Å². The van der Waals surface area contributed by atoms with Crippen molar-refractivity contribution in [1.29, 1.82) is 0 Å². The summed E-state index contributed by atoms with van der Waals surface area (Å²) < 4.78 is 1.77. The molecule has 0 N–H and O–H groups in total. The first-order valence-electron chi connectivity index (χ1n) is 5.27. The Kier molecular flexibility index (Phi) is 3.71. The van der Waals surface area contributed by atoms with E-state index < -0.39 is 0 Å². The Morgan fingerprint density at radius 3 is 2.83 bits per heavy atom. The average Bonchev–Trinajstić information content (AvgIpc) is 2.37. The van der Waals surface area contributed by atoms with Gasteiger partial charge in [-0.05, 0) is 15.9 Å². The van der Waals surface area contributed by atoms with Crippen LogP contribution in [0.4, 0.5) is 5.69 Å². The molecule has 0 aliphatic carbocycles. The van der Waals surface area contributed by atoms with Crippen LogP contribution in [0.3, 0.4) is 0 Å². The summed E-state index contributed by atoms with van der Waals surface area (Å²) >= 11 is 3.29. The maximum atomic E-state index is 11.7. The van der Waals surface area contributed by atoms with Gasteiger partial charge in [0.15, 0.2) is 0 Å².